The van der Waals surface area contributed by atoms with Crippen LogP contribution in [-0.2, 0) is 9.53 Å². The molecule has 144 valence electrons. The average Bonchev–Trinajstić information content (AvgIpc) is 3.05. The summed E-state index contributed by atoms with van der Waals surface area (Å²) in [5, 5.41) is 8.08. The fourth-order valence-electron chi connectivity index (χ4n) is 2.52. The van der Waals surface area contributed by atoms with Crippen molar-refractivity contribution in [2.24, 2.45) is 0 Å². The Bertz CT molecular complexity index is 604. The van der Waals surface area contributed by atoms with Crippen LogP contribution in [0.2, 0.25) is 0 Å². The number of urea groups is 1. The molecular formula is C19H29N3O4. The maximum atomic E-state index is 12.1. The van der Waals surface area contributed by atoms with Gasteiger partial charge in [-0.2, -0.15) is 0 Å². The summed E-state index contributed by atoms with van der Waals surface area (Å²) in [6, 6.07) is 6.30. The van der Waals surface area contributed by atoms with E-state index in [4.69, 9.17) is 9.47 Å². The van der Waals surface area contributed by atoms with Crippen molar-refractivity contribution >= 4 is 17.6 Å². The van der Waals surface area contributed by atoms with Crippen LogP contribution in [-0.4, -0.2) is 42.8 Å². The second kappa shape index (κ2) is 8.89. The molecule has 0 aliphatic carbocycles. The van der Waals surface area contributed by atoms with Crippen molar-refractivity contribution in [3.63, 3.8) is 0 Å². The van der Waals surface area contributed by atoms with Gasteiger partial charge in [-0.15, -0.1) is 0 Å². The Morgan fingerprint density at radius 2 is 1.96 bits per heavy atom. The molecule has 3 amide bonds. The number of nitrogens with one attached hydrogen (secondary N) is 3. The third-order valence-corrected chi connectivity index (χ3v) is 3.82. The molecule has 1 heterocycles. The predicted octanol–water partition coefficient (Wildman–Crippen LogP) is 2.67. The summed E-state index contributed by atoms with van der Waals surface area (Å²) in [7, 11) is 0. The summed E-state index contributed by atoms with van der Waals surface area (Å²) in [5.74, 6) is 0.359. The molecule has 0 saturated carbocycles. The Labute approximate surface area is 154 Å². The fraction of sp³-hybridized carbons (Fsp3) is 0.579. The molecule has 26 heavy (non-hydrogen) atoms. The zero-order chi connectivity index (χ0) is 19.2. The number of imide groups is 1. The summed E-state index contributed by atoms with van der Waals surface area (Å²) >= 11 is 0. The second-order valence-electron chi connectivity index (χ2n) is 7.53. The first kappa shape index (κ1) is 20.0. The van der Waals surface area contributed by atoms with Gasteiger partial charge in [0.1, 0.15) is 18.4 Å². The van der Waals surface area contributed by atoms with E-state index >= 15 is 0 Å². The zero-order valence-corrected chi connectivity index (χ0v) is 15.9. The van der Waals surface area contributed by atoms with E-state index in [2.05, 4.69) is 16.0 Å². The predicted molar refractivity (Wildman–Crippen MR) is 100 cm³/mol. The lowest BCUT2D eigenvalue weighted by molar-refractivity contribution is -0.120. The van der Waals surface area contributed by atoms with Gasteiger partial charge in [0, 0.05) is 17.8 Å². The summed E-state index contributed by atoms with van der Waals surface area (Å²) < 4.78 is 11.2. The van der Waals surface area contributed by atoms with Crippen LogP contribution in [0, 0.1) is 0 Å². The number of benzene rings is 1. The quantitative estimate of drug-likeness (QED) is 0.723. The minimum Gasteiger partial charge on any atom is -0.491 e. The van der Waals surface area contributed by atoms with Gasteiger partial charge in [-0.3, -0.25) is 10.1 Å². The lowest BCUT2D eigenvalue weighted by Crippen LogP contribution is -2.51. The first-order chi connectivity index (χ1) is 12.2. The topological polar surface area (TPSA) is 88.7 Å². The molecule has 7 nitrogen and oxygen atoms in total. The summed E-state index contributed by atoms with van der Waals surface area (Å²) in [4.78, 5) is 23.8. The highest BCUT2D eigenvalue weighted by atomic mass is 16.5. The molecule has 2 atom stereocenters. The summed E-state index contributed by atoms with van der Waals surface area (Å²) in [5.41, 5.74) is 0.369. The molecule has 1 fully saturated rings. The summed E-state index contributed by atoms with van der Waals surface area (Å²) in [6.45, 7) is 8.60. The van der Waals surface area contributed by atoms with Crippen molar-refractivity contribution in [3.05, 3.63) is 24.3 Å². The van der Waals surface area contributed by atoms with E-state index in [1.165, 1.54) is 0 Å². The molecule has 1 saturated heterocycles. The van der Waals surface area contributed by atoms with Gasteiger partial charge in [0.15, 0.2) is 0 Å². The first-order valence-corrected chi connectivity index (χ1v) is 8.97. The van der Waals surface area contributed by atoms with Gasteiger partial charge in [0.25, 0.3) is 0 Å². The third-order valence-electron chi connectivity index (χ3n) is 3.82. The fourth-order valence-corrected chi connectivity index (χ4v) is 2.52. The van der Waals surface area contributed by atoms with Gasteiger partial charge in [-0.25, -0.2) is 4.79 Å². The molecule has 0 spiro atoms. The molecule has 1 aliphatic rings. The largest absolute Gasteiger partial charge is 0.491 e. The second-order valence-corrected chi connectivity index (χ2v) is 7.53. The SMILES string of the molecule is C[C@@H](Nc1ccc(OC[C@@H]2CCCO2)cc1)C(=O)NC(=O)NC(C)(C)C. The van der Waals surface area contributed by atoms with Gasteiger partial charge in [-0.1, -0.05) is 0 Å². The Hall–Kier alpha value is -2.28. The molecule has 0 radical (unpaired) electrons. The number of rotatable bonds is 6. The van der Waals surface area contributed by atoms with Crippen LogP contribution in [0.15, 0.2) is 24.3 Å². The van der Waals surface area contributed by atoms with E-state index in [0.29, 0.717) is 6.61 Å². The lowest BCUT2D eigenvalue weighted by Gasteiger charge is -2.21. The molecule has 0 aromatic heterocycles. The molecule has 1 aromatic carbocycles. The van der Waals surface area contributed by atoms with Crippen molar-refractivity contribution in [2.45, 2.75) is 58.2 Å². The van der Waals surface area contributed by atoms with Gasteiger partial charge in [0.05, 0.1) is 6.10 Å². The summed E-state index contributed by atoms with van der Waals surface area (Å²) in [6.07, 6.45) is 2.30. The number of amides is 3. The first-order valence-electron chi connectivity index (χ1n) is 8.97. The molecule has 2 rings (SSSR count). The monoisotopic (exact) mass is 363 g/mol. The zero-order valence-electron chi connectivity index (χ0n) is 15.9. The molecule has 3 N–H and O–H groups in total. The highest BCUT2D eigenvalue weighted by Crippen LogP contribution is 2.19. The number of ether oxygens (including phenoxy) is 2. The lowest BCUT2D eigenvalue weighted by atomic mass is 10.1. The number of anilines is 1. The Morgan fingerprint density at radius 1 is 1.27 bits per heavy atom. The third kappa shape index (κ3) is 6.92. The average molecular weight is 363 g/mol. The highest BCUT2D eigenvalue weighted by Gasteiger charge is 2.19. The van der Waals surface area contributed by atoms with Crippen molar-refractivity contribution in [1.29, 1.82) is 0 Å². The maximum Gasteiger partial charge on any atom is 0.321 e. The van der Waals surface area contributed by atoms with Crippen LogP contribution < -0.4 is 20.7 Å². The van der Waals surface area contributed by atoms with Crippen molar-refractivity contribution in [3.8, 4) is 5.75 Å². The number of hydrogen-bond acceptors (Lipinski definition) is 5. The van der Waals surface area contributed by atoms with Crippen LogP contribution in [0.4, 0.5) is 10.5 Å². The minimum absolute atomic E-state index is 0.177. The molecule has 1 aliphatic heterocycles. The van der Waals surface area contributed by atoms with E-state index in [9.17, 15) is 9.59 Å². The molecule has 0 unspecified atom stereocenters. The standard InChI is InChI=1S/C19H29N3O4/c1-13(17(23)21-18(24)22-19(2,3)4)20-14-7-9-15(10-8-14)26-12-16-6-5-11-25-16/h7-10,13,16,20H,5-6,11-12H2,1-4H3,(H2,21,22,23,24)/t13-,16+/m1/s1. The van der Waals surface area contributed by atoms with E-state index in [0.717, 1.165) is 30.9 Å². The molecule has 1 aromatic rings. The van der Waals surface area contributed by atoms with Gasteiger partial charge in [-0.05, 0) is 64.8 Å². The Balaban J connectivity index is 1.77. The molecule has 7 heteroatoms. The Morgan fingerprint density at radius 3 is 2.54 bits per heavy atom. The molecular weight excluding hydrogens is 334 g/mol. The number of carbonyl (C=O) groups excluding carboxylic acids is 2. The number of hydrogen-bond donors (Lipinski definition) is 3. The Kier molecular flexibility index (Phi) is 6.85. The smallest absolute Gasteiger partial charge is 0.321 e. The van der Waals surface area contributed by atoms with Crippen LogP contribution in [0.1, 0.15) is 40.5 Å². The normalized spacial score (nSPS) is 18.1. The number of carbonyl (C=O) groups is 2. The minimum atomic E-state index is -0.556. The van der Waals surface area contributed by atoms with Crippen molar-refractivity contribution < 1.29 is 19.1 Å². The molecule has 0 bridgehead atoms. The van der Waals surface area contributed by atoms with Gasteiger partial charge in [0.2, 0.25) is 5.91 Å². The van der Waals surface area contributed by atoms with E-state index in [1.807, 2.05) is 45.0 Å². The van der Waals surface area contributed by atoms with Crippen LogP contribution in [0.3, 0.4) is 0 Å². The highest BCUT2D eigenvalue weighted by molar-refractivity contribution is 5.98. The van der Waals surface area contributed by atoms with Gasteiger partial charge < -0.3 is 20.1 Å². The van der Waals surface area contributed by atoms with Crippen molar-refractivity contribution in [1.82, 2.24) is 10.6 Å². The van der Waals surface area contributed by atoms with Crippen molar-refractivity contribution in [2.75, 3.05) is 18.5 Å². The van der Waals surface area contributed by atoms with E-state index < -0.39 is 23.5 Å². The maximum absolute atomic E-state index is 12.1. The van der Waals surface area contributed by atoms with E-state index in [-0.39, 0.29) is 6.10 Å². The van der Waals surface area contributed by atoms with Crippen LogP contribution in [0.5, 0.6) is 5.75 Å². The van der Waals surface area contributed by atoms with Crippen LogP contribution in [0.25, 0.3) is 0 Å². The van der Waals surface area contributed by atoms with E-state index in [1.54, 1.807) is 6.92 Å². The van der Waals surface area contributed by atoms with Crippen LogP contribution >= 0.6 is 0 Å². The van der Waals surface area contributed by atoms with Gasteiger partial charge >= 0.3 is 6.03 Å².